The van der Waals surface area contributed by atoms with Crippen LogP contribution in [0.3, 0.4) is 0 Å². The predicted octanol–water partition coefficient (Wildman–Crippen LogP) is 2.72. The van der Waals surface area contributed by atoms with Crippen LogP contribution in [0.15, 0.2) is 24.3 Å². The Morgan fingerprint density at radius 1 is 1.26 bits per heavy atom. The van der Waals surface area contributed by atoms with E-state index < -0.39 is 5.60 Å². The molecule has 0 saturated heterocycles. The highest BCUT2D eigenvalue weighted by atomic mass is 16.5. The van der Waals surface area contributed by atoms with E-state index >= 15 is 0 Å². The molecule has 0 bridgehead atoms. The van der Waals surface area contributed by atoms with Gasteiger partial charge in [0.15, 0.2) is 0 Å². The van der Waals surface area contributed by atoms with Gasteiger partial charge in [-0.1, -0.05) is 12.1 Å². The number of aromatic amines is 1. The number of carbonyl (C=O) groups is 2. The number of ether oxygens (including phenoxy) is 1. The average Bonchev–Trinajstić information content (AvgIpc) is 2.91. The van der Waals surface area contributed by atoms with Crippen molar-refractivity contribution in [2.75, 3.05) is 11.9 Å². The van der Waals surface area contributed by atoms with Gasteiger partial charge in [0.25, 0.3) is 5.91 Å². The molecule has 2 amide bonds. The summed E-state index contributed by atoms with van der Waals surface area (Å²) in [5.41, 5.74) is 2.55. The standard InChI is InChI=1S/C20H24N4O3/c1-12-17(13(2)24-23-12)22-18(25)14-7-9-20(10-8-14)11-21-19(26)15-5-3-4-6-16(15)27-20/h3-6,14H,7-11H2,1-2H3,(H,21,26)(H,22,25)(H,23,24). The molecule has 1 spiro atoms. The van der Waals surface area contributed by atoms with E-state index in [9.17, 15) is 9.59 Å². The van der Waals surface area contributed by atoms with E-state index in [1.807, 2.05) is 32.0 Å². The summed E-state index contributed by atoms with van der Waals surface area (Å²) in [4.78, 5) is 25.0. The van der Waals surface area contributed by atoms with Crippen LogP contribution < -0.4 is 15.4 Å². The van der Waals surface area contributed by atoms with Crippen molar-refractivity contribution < 1.29 is 14.3 Å². The lowest BCUT2D eigenvalue weighted by atomic mass is 9.78. The highest BCUT2D eigenvalue weighted by molar-refractivity contribution is 5.97. The van der Waals surface area contributed by atoms with E-state index in [0.717, 1.165) is 42.8 Å². The Labute approximate surface area is 157 Å². The molecular formula is C20H24N4O3. The summed E-state index contributed by atoms with van der Waals surface area (Å²) in [7, 11) is 0. The first kappa shape index (κ1) is 17.6. The number of nitrogens with zero attached hydrogens (tertiary/aromatic N) is 1. The summed E-state index contributed by atoms with van der Waals surface area (Å²) in [6, 6.07) is 7.32. The molecule has 1 fully saturated rings. The van der Waals surface area contributed by atoms with E-state index in [1.165, 1.54) is 0 Å². The normalized spacial score (nSPS) is 24.5. The quantitative estimate of drug-likeness (QED) is 0.759. The number of aryl methyl sites for hydroxylation is 2. The van der Waals surface area contributed by atoms with Crippen molar-refractivity contribution in [1.29, 1.82) is 0 Å². The fourth-order valence-corrected chi connectivity index (χ4v) is 3.99. The topological polar surface area (TPSA) is 96.1 Å². The summed E-state index contributed by atoms with van der Waals surface area (Å²) in [6.45, 7) is 4.23. The lowest BCUT2D eigenvalue weighted by Gasteiger charge is -2.39. The second kappa shape index (κ2) is 6.72. The van der Waals surface area contributed by atoms with Crippen LogP contribution in [0, 0.1) is 19.8 Å². The van der Waals surface area contributed by atoms with E-state index in [2.05, 4.69) is 20.8 Å². The van der Waals surface area contributed by atoms with Gasteiger partial charge in [0.1, 0.15) is 11.4 Å². The van der Waals surface area contributed by atoms with E-state index in [4.69, 9.17) is 4.74 Å². The summed E-state index contributed by atoms with van der Waals surface area (Å²) < 4.78 is 6.30. The van der Waals surface area contributed by atoms with Crippen LogP contribution >= 0.6 is 0 Å². The molecule has 142 valence electrons. The highest BCUT2D eigenvalue weighted by Crippen LogP contribution is 2.38. The van der Waals surface area contributed by atoms with E-state index in [-0.39, 0.29) is 17.7 Å². The van der Waals surface area contributed by atoms with Crippen LogP contribution in [0.2, 0.25) is 0 Å². The van der Waals surface area contributed by atoms with Crippen LogP contribution in [0.5, 0.6) is 5.75 Å². The summed E-state index contributed by atoms with van der Waals surface area (Å²) >= 11 is 0. The highest BCUT2D eigenvalue weighted by Gasteiger charge is 2.42. The van der Waals surface area contributed by atoms with Gasteiger partial charge in [-0.2, -0.15) is 5.10 Å². The van der Waals surface area contributed by atoms with Gasteiger partial charge in [-0.25, -0.2) is 0 Å². The van der Waals surface area contributed by atoms with Gasteiger partial charge in [-0.05, 0) is 51.7 Å². The molecule has 1 aliphatic heterocycles. The molecule has 0 radical (unpaired) electrons. The Balaban J connectivity index is 1.44. The molecule has 1 aromatic heterocycles. The third-order valence-corrected chi connectivity index (χ3v) is 5.67. The van der Waals surface area contributed by atoms with Crippen molar-refractivity contribution in [1.82, 2.24) is 15.5 Å². The third-order valence-electron chi connectivity index (χ3n) is 5.67. The zero-order valence-electron chi connectivity index (χ0n) is 15.6. The van der Waals surface area contributed by atoms with E-state index in [0.29, 0.717) is 17.9 Å². The monoisotopic (exact) mass is 368 g/mol. The SMILES string of the molecule is Cc1n[nH]c(C)c1NC(=O)C1CCC2(CC1)CNC(=O)c1ccccc1O2. The van der Waals surface area contributed by atoms with E-state index in [1.54, 1.807) is 6.07 Å². The maximum atomic E-state index is 12.7. The smallest absolute Gasteiger partial charge is 0.255 e. The van der Waals surface area contributed by atoms with Gasteiger partial charge in [-0.15, -0.1) is 0 Å². The number of fused-ring (bicyclic) bond motifs is 1. The van der Waals surface area contributed by atoms with Crippen LogP contribution in [0.25, 0.3) is 0 Å². The lowest BCUT2D eigenvalue weighted by molar-refractivity contribution is -0.122. The van der Waals surface area contributed by atoms with Gasteiger partial charge in [0, 0.05) is 5.92 Å². The number of anilines is 1. The molecule has 1 saturated carbocycles. The van der Waals surface area contributed by atoms with Gasteiger partial charge >= 0.3 is 0 Å². The molecule has 2 aromatic rings. The number of carbonyl (C=O) groups excluding carboxylic acids is 2. The first-order valence-corrected chi connectivity index (χ1v) is 9.36. The zero-order valence-corrected chi connectivity index (χ0v) is 15.6. The number of nitrogens with one attached hydrogen (secondary N) is 3. The molecule has 4 rings (SSSR count). The number of amides is 2. The fraction of sp³-hybridized carbons (Fsp3) is 0.450. The zero-order chi connectivity index (χ0) is 19.0. The third kappa shape index (κ3) is 3.29. The Hall–Kier alpha value is -2.83. The molecule has 3 N–H and O–H groups in total. The van der Waals surface area contributed by atoms with Gasteiger partial charge in [0.05, 0.1) is 29.2 Å². The Morgan fingerprint density at radius 3 is 2.70 bits per heavy atom. The van der Waals surface area contributed by atoms with Crippen molar-refractivity contribution in [2.45, 2.75) is 45.1 Å². The Bertz CT molecular complexity index is 862. The maximum absolute atomic E-state index is 12.7. The average molecular weight is 368 g/mol. The molecule has 1 aromatic carbocycles. The second-order valence-corrected chi connectivity index (χ2v) is 7.54. The number of para-hydroxylation sites is 1. The minimum Gasteiger partial charge on any atom is -0.485 e. The van der Waals surface area contributed by atoms with Crippen LogP contribution in [-0.2, 0) is 4.79 Å². The first-order chi connectivity index (χ1) is 13.0. The number of hydrogen-bond donors (Lipinski definition) is 3. The molecular weight excluding hydrogens is 344 g/mol. The van der Waals surface area contributed by atoms with Gasteiger partial charge in [-0.3, -0.25) is 14.7 Å². The lowest BCUT2D eigenvalue weighted by Crippen LogP contribution is -2.48. The molecule has 7 nitrogen and oxygen atoms in total. The van der Waals surface area contributed by atoms with Gasteiger partial charge in [0.2, 0.25) is 5.91 Å². The van der Waals surface area contributed by atoms with Crippen molar-refractivity contribution in [3.05, 3.63) is 41.2 Å². The van der Waals surface area contributed by atoms with Crippen molar-refractivity contribution in [3.8, 4) is 5.75 Å². The van der Waals surface area contributed by atoms with Crippen molar-refractivity contribution in [2.24, 2.45) is 5.92 Å². The van der Waals surface area contributed by atoms with Crippen LogP contribution in [-0.4, -0.2) is 34.2 Å². The second-order valence-electron chi connectivity index (χ2n) is 7.54. The minimum absolute atomic E-state index is 0.0236. The molecule has 7 heteroatoms. The van der Waals surface area contributed by atoms with Gasteiger partial charge < -0.3 is 15.4 Å². The molecule has 2 heterocycles. The minimum atomic E-state index is -0.444. The Kier molecular flexibility index (Phi) is 4.37. The number of hydrogen-bond acceptors (Lipinski definition) is 4. The van der Waals surface area contributed by atoms with Crippen LogP contribution in [0.4, 0.5) is 5.69 Å². The van der Waals surface area contributed by atoms with Crippen molar-refractivity contribution in [3.63, 3.8) is 0 Å². The first-order valence-electron chi connectivity index (χ1n) is 9.36. The molecule has 1 aliphatic carbocycles. The fourth-order valence-electron chi connectivity index (χ4n) is 3.99. The number of aromatic nitrogens is 2. The summed E-state index contributed by atoms with van der Waals surface area (Å²) in [6.07, 6.45) is 2.89. The molecule has 0 atom stereocenters. The molecule has 0 unspecified atom stereocenters. The molecule has 2 aliphatic rings. The van der Waals surface area contributed by atoms with Crippen LogP contribution in [0.1, 0.15) is 47.4 Å². The maximum Gasteiger partial charge on any atom is 0.255 e. The summed E-state index contributed by atoms with van der Waals surface area (Å²) in [5, 5.41) is 13.0. The van der Waals surface area contributed by atoms with Crippen molar-refractivity contribution >= 4 is 17.5 Å². The summed E-state index contributed by atoms with van der Waals surface area (Å²) in [5.74, 6) is 0.478. The molecule has 27 heavy (non-hydrogen) atoms. The largest absolute Gasteiger partial charge is 0.485 e. The number of H-pyrrole nitrogens is 1. The Morgan fingerprint density at radius 2 is 2.00 bits per heavy atom. The number of rotatable bonds is 2. The predicted molar refractivity (Wildman–Crippen MR) is 101 cm³/mol. The number of benzene rings is 1.